The molecule has 0 spiro atoms. The van der Waals surface area contributed by atoms with Gasteiger partial charge < -0.3 is 29.2 Å². The fourth-order valence-electron chi connectivity index (χ4n) is 3.74. The van der Waals surface area contributed by atoms with Gasteiger partial charge in [0.1, 0.15) is 0 Å². The average molecular weight is 429 g/mol. The molecule has 32 heavy (non-hydrogen) atoms. The van der Waals surface area contributed by atoms with Gasteiger partial charge in [-0.05, 0) is 48.5 Å². The minimum atomic E-state index is -1.32. The topological polar surface area (TPSA) is 123 Å². The summed E-state index contributed by atoms with van der Waals surface area (Å²) in [5.41, 5.74) is 2.60. The lowest BCUT2D eigenvalue weighted by Gasteiger charge is -2.15. The van der Waals surface area contributed by atoms with E-state index in [4.69, 9.17) is 23.9 Å². The summed E-state index contributed by atoms with van der Waals surface area (Å²) < 4.78 is 21.8. The molecule has 0 radical (unpaired) electrons. The van der Waals surface area contributed by atoms with Crippen molar-refractivity contribution in [2.75, 3.05) is 13.6 Å². The van der Waals surface area contributed by atoms with Crippen LogP contribution in [-0.2, 0) is 0 Å². The predicted octanol–water partition coefficient (Wildman–Crippen LogP) is 3.19. The zero-order valence-corrected chi connectivity index (χ0v) is 16.3. The highest BCUT2D eigenvalue weighted by Crippen LogP contribution is 2.41. The number of hydrogen-bond donors (Lipinski definition) is 1. The molecule has 3 aromatic carbocycles. The van der Waals surface area contributed by atoms with E-state index in [1.807, 2.05) is 12.1 Å². The van der Waals surface area contributed by atoms with E-state index in [-0.39, 0.29) is 24.7 Å². The van der Waals surface area contributed by atoms with Gasteiger partial charge in [0, 0.05) is 11.1 Å². The maximum absolute atomic E-state index is 12.2. The van der Waals surface area contributed by atoms with Gasteiger partial charge in [0.2, 0.25) is 13.6 Å². The number of fused-ring (bicyclic) bond motifs is 3. The number of ether oxygens (including phenoxy) is 4. The van der Waals surface area contributed by atoms with E-state index in [0.29, 0.717) is 51.0 Å². The van der Waals surface area contributed by atoms with E-state index in [2.05, 4.69) is 4.98 Å². The van der Waals surface area contributed by atoms with E-state index in [9.17, 15) is 15.0 Å². The van der Waals surface area contributed by atoms with Gasteiger partial charge in [-0.1, -0.05) is 5.75 Å². The molecule has 1 N–H and O–H groups in total. The average Bonchev–Trinajstić information content (AvgIpc) is 3.45. The van der Waals surface area contributed by atoms with Gasteiger partial charge >= 0.3 is 5.97 Å². The third-order valence-electron chi connectivity index (χ3n) is 5.29. The first kappa shape index (κ1) is 18.3. The van der Waals surface area contributed by atoms with Crippen molar-refractivity contribution in [1.82, 2.24) is 9.97 Å². The summed E-state index contributed by atoms with van der Waals surface area (Å²) in [6.07, 6.45) is 0. The second-order valence-electron chi connectivity index (χ2n) is 7.20. The van der Waals surface area contributed by atoms with Crippen LogP contribution < -0.4 is 24.1 Å². The second-order valence-corrected chi connectivity index (χ2v) is 7.20. The van der Waals surface area contributed by atoms with Crippen LogP contribution in [0.4, 0.5) is 0 Å². The Hall–Kier alpha value is -4.53. The standard InChI is InChI=1S/C23H14N2O7/c26-16-8-15-14(7-13(16)23(27)28)24-21(11-1-3-17-19(5-11)31-9-29-17)22(25-15)12-2-4-18-20(6-12)32-10-30-18/h1-8,26H,9-10H2,(H,27,28)/p-1. The van der Waals surface area contributed by atoms with E-state index < -0.39 is 11.7 Å². The number of rotatable bonds is 3. The van der Waals surface area contributed by atoms with Crippen molar-refractivity contribution in [3.05, 3.63) is 54.1 Å². The monoisotopic (exact) mass is 429 g/mol. The fourth-order valence-corrected chi connectivity index (χ4v) is 3.74. The maximum atomic E-state index is 12.2. The number of hydrogen-bond acceptors (Lipinski definition) is 8. The first-order chi connectivity index (χ1) is 15.6. The van der Waals surface area contributed by atoms with Crippen LogP contribution in [0.25, 0.3) is 33.5 Å². The molecule has 6 rings (SSSR count). The first-order valence-electron chi connectivity index (χ1n) is 9.63. The Balaban J connectivity index is 1.61. The maximum Gasteiger partial charge on any atom is 0.335 e. The summed E-state index contributed by atoms with van der Waals surface area (Å²) in [7, 11) is 0. The van der Waals surface area contributed by atoms with E-state index in [1.54, 1.807) is 24.3 Å². The summed E-state index contributed by atoms with van der Waals surface area (Å²) in [6, 6.07) is 13.2. The quantitative estimate of drug-likeness (QED) is 0.523. The van der Waals surface area contributed by atoms with Crippen LogP contribution in [0.5, 0.6) is 28.7 Å². The van der Waals surface area contributed by atoms with Crippen molar-refractivity contribution in [3.8, 4) is 51.3 Å². The first-order valence-corrected chi connectivity index (χ1v) is 9.63. The molecular weight excluding hydrogens is 416 g/mol. The molecule has 0 fully saturated rings. The van der Waals surface area contributed by atoms with Gasteiger partial charge in [-0.15, -0.1) is 0 Å². The molecule has 0 unspecified atom stereocenters. The van der Waals surface area contributed by atoms with Crippen LogP contribution in [0, 0.1) is 0 Å². The summed E-state index contributed by atoms with van der Waals surface area (Å²) in [4.78, 5) is 20.8. The Kier molecular flexibility index (Phi) is 3.85. The van der Waals surface area contributed by atoms with E-state index in [1.165, 1.54) is 12.1 Å². The number of aromatic nitrogens is 2. The number of aromatic carboxylic acids is 1. The summed E-state index contributed by atoms with van der Waals surface area (Å²) in [5, 5.41) is 21.6. The van der Waals surface area contributed by atoms with Crippen LogP contribution in [0.15, 0.2) is 48.5 Å². The third-order valence-corrected chi connectivity index (χ3v) is 5.29. The SMILES string of the molecule is O=C(O)c1cc2nc(-c3ccc4c(c3)OCO4)c(-c3ccc4c(c3)OCO4)nc2cc1[O-]. The molecule has 0 bridgehead atoms. The Morgan fingerprint density at radius 2 is 1.25 bits per heavy atom. The molecule has 1 aromatic heterocycles. The van der Waals surface area contributed by atoms with Crippen molar-refractivity contribution in [3.63, 3.8) is 0 Å². The molecule has 0 saturated carbocycles. The Bertz CT molecular complexity index is 1430. The summed E-state index contributed by atoms with van der Waals surface area (Å²) in [5.74, 6) is 0.445. The molecule has 2 aliphatic heterocycles. The molecule has 0 aliphatic carbocycles. The minimum absolute atomic E-state index is 0.130. The Morgan fingerprint density at radius 3 is 1.78 bits per heavy atom. The van der Waals surface area contributed by atoms with Crippen LogP contribution >= 0.6 is 0 Å². The molecule has 0 amide bonds. The Morgan fingerprint density at radius 1 is 0.750 bits per heavy atom. The van der Waals surface area contributed by atoms with Crippen molar-refractivity contribution in [1.29, 1.82) is 0 Å². The van der Waals surface area contributed by atoms with E-state index >= 15 is 0 Å². The fraction of sp³-hybridized carbons (Fsp3) is 0.0870. The van der Waals surface area contributed by atoms with Gasteiger partial charge in [0.05, 0.1) is 28.0 Å². The predicted molar refractivity (Wildman–Crippen MR) is 109 cm³/mol. The summed E-state index contributed by atoms with van der Waals surface area (Å²) >= 11 is 0. The normalized spacial score (nSPS) is 13.5. The third kappa shape index (κ3) is 2.83. The molecule has 9 heteroatoms. The molecule has 9 nitrogen and oxygen atoms in total. The van der Waals surface area contributed by atoms with Crippen LogP contribution in [-0.4, -0.2) is 34.6 Å². The highest BCUT2D eigenvalue weighted by Gasteiger charge is 2.21. The zero-order chi connectivity index (χ0) is 21.8. The molecule has 158 valence electrons. The summed E-state index contributed by atoms with van der Waals surface area (Å²) in [6.45, 7) is 0.264. The highest BCUT2D eigenvalue weighted by atomic mass is 16.7. The van der Waals surface area contributed by atoms with Crippen molar-refractivity contribution in [2.45, 2.75) is 0 Å². The number of carboxylic acid groups (broad SMARTS) is 1. The molecular formula is C23H13N2O7-. The van der Waals surface area contributed by atoms with Crippen molar-refractivity contribution in [2.24, 2.45) is 0 Å². The molecule has 0 saturated heterocycles. The van der Waals surface area contributed by atoms with Crippen molar-refractivity contribution >= 4 is 17.0 Å². The zero-order valence-electron chi connectivity index (χ0n) is 16.3. The number of carboxylic acids is 1. The smallest absolute Gasteiger partial charge is 0.335 e. The van der Waals surface area contributed by atoms with Crippen LogP contribution in [0.1, 0.15) is 10.4 Å². The van der Waals surface area contributed by atoms with Gasteiger partial charge in [-0.2, -0.15) is 0 Å². The van der Waals surface area contributed by atoms with Crippen LogP contribution in [0.2, 0.25) is 0 Å². The lowest BCUT2D eigenvalue weighted by Crippen LogP contribution is -2.05. The van der Waals surface area contributed by atoms with Gasteiger partial charge in [-0.25, -0.2) is 14.8 Å². The number of carbonyl (C=O) groups is 1. The number of nitrogens with zero attached hydrogens (tertiary/aromatic N) is 2. The second kappa shape index (κ2) is 6.74. The van der Waals surface area contributed by atoms with E-state index in [0.717, 1.165) is 0 Å². The van der Waals surface area contributed by atoms with Crippen LogP contribution in [0.3, 0.4) is 0 Å². The van der Waals surface area contributed by atoms with Crippen molar-refractivity contribution < 1.29 is 34.0 Å². The largest absolute Gasteiger partial charge is 0.872 e. The Labute approximate surface area is 180 Å². The molecule has 4 aromatic rings. The molecule has 0 atom stereocenters. The number of benzene rings is 3. The lowest BCUT2D eigenvalue weighted by atomic mass is 10.0. The lowest BCUT2D eigenvalue weighted by molar-refractivity contribution is -0.268. The molecule has 2 aliphatic rings. The van der Waals surface area contributed by atoms with Gasteiger partial charge in [0.25, 0.3) is 0 Å². The minimum Gasteiger partial charge on any atom is -0.872 e. The van der Waals surface area contributed by atoms with Gasteiger partial charge in [-0.3, -0.25) is 0 Å². The highest BCUT2D eigenvalue weighted by molar-refractivity contribution is 5.97. The molecule has 3 heterocycles. The van der Waals surface area contributed by atoms with Gasteiger partial charge in [0.15, 0.2) is 23.0 Å².